The average molecular weight is 551 g/mol. The molecule has 0 radical (unpaired) electrons. The molecular weight excluding hydrogens is 500 g/mol. The maximum Gasteiger partial charge on any atom is 0.317 e. The summed E-state index contributed by atoms with van der Waals surface area (Å²) in [6.07, 6.45) is 16.5. The van der Waals surface area contributed by atoms with Crippen LogP contribution in [0.4, 0.5) is 0 Å². The Bertz CT molecular complexity index is 856. The molecule has 3 fully saturated rings. The van der Waals surface area contributed by atoms with Crippen LogP contribution < -0.4 is 0 Å². The largest absolute Gasteiger partial charge is 0.481 e. The number of hydrogen-bond donors (Lipinski definition) is 1. The number of hydrogen-bond acceptors (Lipinski definition) is 5. The molecule has 0 bridgehead atoms. The van der Waals surface area contributed by atoms with Gasteiger partial charge in [-0.1, -0.05) is 87.1 Å². The molecule has 0 spiro atoms. The quantitative estimate of drug-likeness (QED) is 0.121. The zero-order chi connectivity index (χ0) is 26.8. The number of carbonyl (C=O) groups excluding carboxylic acids is 1. The molecule has 210 valence electrons. The number of carboxylic acid groups (broad SMARTS) is 1. The van der Waals surface area contributed by atoms with Crippen LogP contribution in [0, 0.1) is 46.3 Å². The Balaban J connectivity index is 1.35. The topological polar surface area (TPSA) is 63.6 Å². The van der Waals surface area contributed by atoms with E-state index in [-0.39, 0.29) is 29.0 Å². The molecule has 8 atom stereocenters. The van der Waals surface area contributed by atoms with Crippen molar-refractivity contribution in [2.75, 3.05) is 11.5 Å². The van der Waals surface area contributed by atoms with Crippen molar-refractivity contribution in [3.63, 3.8) is 0 Å². The Morgan fingerprint density at radius 2 is 1.78 bits per heavy atom. The number of fused-ring (bicyclic) bond motifs is 5. The Labute approximate surface area is 233 Å². The highest BCUT2D eigenvalue weighted by Gasteiger charge is 2.59. The first kappa shape index (κ1) is 29.4. The normalized spacial score (nSPS) is 37.8. The minimum atomic E-state index is -0.854. The molecule has 4 rings (SSSR count). The Hall–Kier alpha value is -0.620. The summed E-state index contributed by atoms with van der Waals surface area (Å²) >= 11 is 0. The van der Waals surface area contributed by atoms with E-state index >= 15 is 0 Å². The van der Waals surface area contributed by atoms with E-state index in [0.29, 0.717) is 5.41 Å². The lowest BCUT2D eigenvalue weighted by Crippen LogP contribution is -2.51. The number of rotatable bonds is 11. The lowest BCUT2D eigenvalue weighted by atomic mass is 9.47. The van der Waals surface area contributed by atoms with Crippen LogP contribution in [0.2, 0.25) is 0 Å². The van der Waals surface area contributed by atoms with Crippen molar-refractivity contribution < 1.29 is 19.4 Å². The Morgan fingerprint density at radius 1 is 1.03 bits per heavy atom. The van der Waals surface area contributed by atoms with Crippen molar-refractivity contribution in [3.8, 4) is 0 Å². The van der Waals surface area contributed by atoms with E-state index in [1.54, 1.807) is 5.57 Å². The summed E-state index contributed by atoms with van der Waals surface area (Å²) in [5.74, 6) is 4.19. The Morgan fingerprint density at radius 3 is 2.51 bits per heavy atom. The monoisotopic (exact) mass is 550 g/mol. The fraction of sp³-hybridized carbons (Fsp3) is 0.871. The summed E-state index contributed by atoms with van der Waals surface area (Å²) < 4.78 is 5.84. The van der Waals surface area contributed by atoms with Crippen LogP contribution in [0.15, 0.2) is 11.6 Å². The molecule has 0 saturated heterocycles. The maximum atomic E-state index is 12.3. The van der Waals surface area contributed by atoms with Crippen molar-refractivity contribution in [2.24, 2.45) is 46.3 Å². The van der Waals surface area contributed by atoms with Crippen molar-refractivity contribution in [1.29, 1.82) is 0 Å². The predicted molar refractivity (Wildman–Crippen MR) is 155 cm³/mol. The first-order chi connectivity index (χ1) is 17.5. The third kappa shape index (κ3) is 6.42. The molecule has 4 aliphatic rings. The van der Waals surface area contributed by atoms with E-state index in [1.807, 2.05) is 0 Å². The van der Waals surface area contributed by atoms with Gasteiger partial charge in [-0.25, -0.2) is 0 Å². The van der Waals surface area contributed by atoms with Crippen LogP contribution >= 0.6 is 21.6 Å². The van der Waals surface area contributed by atoms with Crippen LogP contribution in [0.25, 0.3) is 0 Å². The molecule has 1 N–H and O–H groups in total. The molecule has 0 aromatic rings. The predicted octanol–water partition coefficient (Wildman–Crippen LogP) is 8.41. The van der Waals surface area contributed by atoms with Gasteiger partial charge in [0.15, 0.2) is 0 Å². The van der Waals surface area contributed by atoms with Crippen LogP contribution in [0.5, 0.6) is 0 Å². The number of aliphatic carboxylic acids is 1. The molecule has 0 amide bonds. The van der Waals surface area contributed by atoms with Gasteiger partial charge in [0.25, 0.3) is 0 Å². The van der Waals surface area contributed by atoms with Gasteiger partial charge in [0.2, 0.25) is 0 Å². The summed E-state index contributed by atoms with van der Waals surface area (Å²) in [4.78, 5) is 23.0. The SMILES string of the molecule is CC(C)CCC[C@@H](C)[C@H]1CC[C@H]2[C@@H]3CC=C4C[C@@H](OC(=O)CSSCC(=O)O)CC[C@]4(C)[C@H]3CC[C@]12C. The standard InChI is InChI=1S/C31H50O4S2/c1-20(2)7-6-8-21(3)25-11-12-26-24-10-9-22-17-23(35-29(34)19-37-36-18-28(32)33)13-15-30(22,4)27(24)14-16-31(25,26)5/h9,20-21,23-27H,6-8,10-19H2,1-5H3,(H,32,33)/t21-,23+,24+,25-,26+,27+,30+,31-/m1/s1. The van der Waals surface area contributed by atoms with Gasteiger partial charge in [0.05, 0.1) is 0 Å². The third-order valence-corrected chi connectivity index (χ3v) is 13.1. The zero-order valence-electron chi connectivity index (χ0n) is 23.8. The minimum Gasteiger partial charge on any atom is -0.481 e. The zero-order valence-corrected chi connectivity index (χ0v) is 25.4. The molecule has 4 nitrogen and oxygen atoms in total. The molecule has 0 heterocycles. The fourth-order valence-corrected chi connectivity index (χ4v) is 10.7. The summed E-state index contributed by atoms with van der Waals surface area (Å²) in [6, 6.07) is 0. The number of esters is 1. The van der Waals surface area contributed by atoms with E-state index in [2.05, 4.69) is 40.7 Å². The van der Waals surface area contributed by atoms with Crippen LogP contribution in [0.3, 0.4) is 0 Å². The third-order valence-electron chi connectivity index (χ3n) is 11.0. The van der Waals surface area contributed by atoms with E-state index in [4.69, 9.17) is 9.84 Å². The highest BCUT2D eigenvalue weighted by atomic mass is 33.1. The van der Waals surface area contributed by atoms with Gasteiger partial charge in [-0.05, 0) is 91.3 Å². The summed E-state index contributed by atoms with van der Waals surface area (Å²) in [6.45, 7) is 12.4. The van der Waals surface area contributed by atoms with Gasteiger partial charge in [0.1, 0.15) is 17.6 Å². The summed E-state index contributed by atoms with van der Waals surface area (Å²) in [7, 11) is 2.48. The second-order valence-electron chi connectivity index (χ2n) is 13.6. The van der Waals surface area contributed by atoms with Gasteiger partial charge in [-0.3, -0.25) is 9.59 Å². The summed E-state index contributed by atoms with van der Waals surface area (Å²) in [5.41, 5.74) is 2.33. The molecule has 0 unspecified atom stereocenters. The smallest absolute Gasteiger partial charge is 0.317 e. The van der Waals surface area contributed by atoms with Crippen LogP contribution in [-0.4, -0.2) is 34.7 Å². The summed E-state index contributed by atoms with van der Waals surface area (Å²) in [5, 5.41) is 8.75. The van der Waals surface area contributed by atoms with Crippen molar-refractivity contribution in [2.45, 2.75) is 111 Å². The lowest BCUT2D eigenvalue weighted by Gasteiger charge is -2.58. The molecule has 37 heavy (non-hydrogen) atoms. The molecule has 6 heteroatoms. The van der Waals surface area contributed by atoms with Gasteiger partial charge in [-0.2, -0.15) is 0 Å². The number of carbonyl (C=O) groups is 2. The van der Waals surface area contributed by atoms with Crippen LogP contribution in [0.1, 0.15) is 105 Å². The number of carboxylic acids is 1. The second-order valence-corrected chi connectivity index (χ2v) is 16.0. The molecule has 0 aromatic heterocycles. The number of ether oxygens (including phenoxy) is 1. The Kier molecular flexibility index (Phi) is 9.74. The van der Waals surface area contributed by atoms with E-state index < -0.39 is 5.97 Å². The highest BCUT2D eigenvalue weighted by molar-refractivity contribution is 8.77. The van der Waals surface area contributed by atoms with Crippen molar-refractivity contribution in [1.82, 2.24) is 0 Å². The molecular formula is C31H50O4S2. The second kappa shape index (κ2) is 12.3. The first-order valence-corrected chi connectivity index (χ1v) is 17.4. The highest BCUT2D eigenvalue weighted by Crippen LogP contribution is 2.67. The van der Waals surface area contributed by atoms with E-state index in [9.17, 15) is 9.59 Å². The van der Waals surface area contributed by atoms with Gasteiger partial charge < -0.3 is 9.84 Å². The van der Waals surface area contributed by atoms with E-state index in [1.165, 1.54) is 73.0 Å². The first-order valence-electron chi connectivity index (χ1n) is 14.9. The molecule has 0 aromatic carbocycles. The maximum absolute atomic E-state index is 12.3. The minimum absolute atomic E-state index is 0.00695. The fourth-order valence-electron chi connectivity index (χ4n) is 9.15. The van der Waals surface area contributed by atoms with E-state index in [0.717, 1.165) is 54.8 Å². The van der Waals surface area contributed by atoms with Crippen molar-refractivity contribution in [3.05, 3.63) is 11.6 Å². The van der Waals surface area contributed by atoms with Crippen LogP contribution in [-0.2, 0) is 14.3 Å². The van der Waals surface area contributed by atoms with Gasteiger partial charge in [0, 0.05) is 6.42 Å². The average Bonchev–Trinajstić information content (AvgIpc) is 3.19. The molecule has 0 aliphatic heterocycles. The number of allylic oxidation sites excluding steroid dienone is 1. The molecule has 4 aliphatic carbocycles. The van der Waals surface area contributed by atoms with Crippen molar-refractivity contribution >= 4 is 33.5 Å². The van der Waals surface area contributed by atoms with Gasteiger partial charge >= 0.3 is 11.9 Å². The lowest BCUT2D eigenvalue weighted by molar-refractivity contribution is -0.148. The molecule has 3 saturated carbocycles. The van der Waals surface area contributed by atoms with Gasteiger partial charge in [-0.15, -0.1) is 0 Å².